The summed E-state index contributed by atoms with van der Waals surface area (Å²) in [5, 5.41) is 8.68. The van der Waals surface area contributed by atoms with Crippen LogP contribution in [0.25, 0.3) is 6.08 Å². The van der Waals surface area contributed by atoms with Crippen molar-refractivity contribution in [1.82, 2.24) is 0 Å². The van der Waals surface area contributed by atoms with Crippen LogP contribution in [0.2, 0.25) is 0 Å². The molecular formula is C19H16O5. The minimum Gasteiger partial charge on any atom is -0.493 e. The van der Waals surface area contributed by atoms with E-state index in [1.165, 1.54) is 7.11 Å². The first kappa shape index (κ1) is 15.8. The Kier molecular flexibility index (Phi) is 4.33. The summed E-state index contributed by atoms with van der Waals surface area (Å²) in [4.78, 5) is 23.0. The van der Waals surface area contributed by atoms with Gasteiger partial charge in [-0.3, -0.25) is 4.79 Å². The molecule has 0 fully saturated rings. The number of carboxylic acid groups (broad SMARTS) is 1. The SMILES string of the molecule is COc1cc(/C=C2\Cc3ccccc3C2=O)ccc1OCC(=O)O. The number of ether oxygens (including phenoxy) is 2. The van der Waals surface area contributed by atoms with Crippen LogP contribution in [-0.4, -0.2) is 30.6 Å². The van der Waals surface area contributed by atoms with Gasteiger partial charge in [0.1, 0.15) is 0 Å². The van der Waals surface area contributed by atoms with E-state index in [9.17, 15) is 9.59 Å². The standard InChI is InChI=1S/C19H16O5/c1-23-17-9-12(6-7-16(17)24-11-18(20)21)8-14-10-13-4-2-3-5-15(13)19(14)22/h2-9H,10-11H2,1H3,(H,20,21)/b14-8+. The number of methoxy groups -OCH3 is 1. The summed E-state index contributed by atoms with van der Waals surface area (Å²) in [6.45, 7) is -0.440. The Balaban J connectivity index is 1.86. The highest BCUT2D eigenvalue weighted by Gasteiger charge is 2.24. The van der Waals surface area contributed by atoms with E-state index in [4.69, 9.17) is 14.6 Å². The molecule has 0 spiro atoms. The Labute approximate surface area is 139 Å². The Morgan fingerprint density at radius 1 is 1.21 bits per heavy atom. The molecule has 0 amide bonds. The lowest BCUT2D eigenvalue weighted by molar-refractivity contribution is -0.139. The van der Waals surface area contributed by atoms with E-state index in [0.29, 0.717) is 17.9 Å². The molecule has 0 heterocycles. The third-order valence-electron chi connectivity index (χ3n) is 3.81. The van der Waals surface area contributed by atoms with Crippen molar-refractivity contribution in [3.63, 3.8) is 0 Å². The van der Waals surface area contributed by atoms with Gasteiger partial charge in [-0.05, 0) is 29.3 Å². The van der Waals surface area contributed by atoms with Crippen molar-refractivity contribution in [2.45, 2.75) is 6.42 Å². The molecule has 0 saturated carbocycles. The molecule has 1 aliphatic rings. The van der Waals surface area contributed by atoms with E-state index in [1.54, 1.807) is 18.2 Å². The van der Waals surface area contributed by atoms with Crippen LogP contribution < -0.4 is 9.47 Å². The molecule has 0 aliphatic heterocycles. The predicted octanol–water partition coefficient (Wildman–Crippen LogP) is 2.98. The van der Waals surface area contributed by atoms with E-state index in [0.717, 1.165) is 22.3 Å². The van der Waals surface area contributed by atoms with Crippen LogP contribution in [0.5, 0.6) is 11.5 Å². The lowest BCUT2D eigenvalue weighted by atomic mass is 10.1. The van der Waals surface area contributed by atoms with Gasteiger partial charge in [0.25, 0.3) is 0 Å². The minimum absolute atomic E-state index is 0.0378. The van der Waals surface area contributed by atoms with Gasteiger partial charge in [-0.15, -0.1) is 0 Å². The number of rotatable bonds is 5. The number of hydrogen-bond acceptors (Lipinski definition) is 4. The van der Waals surface area contributed by atoms with Crippen molar-refractivity contribution in [1.29, 1.82) is 0 Å². The summed E-state index contributed by atoms with van der Waals surface area (Å²) in [5.41, 5.74) is 3.29. The lowest BCUT2D eigenvalue weighted by Crippen LogP contribution is -2.10. The molecule has 1 aliphatic carbocycles. The van der Waals surface area contributed by atoms with Gasteiger partial charge in [-0.1, -0.05) is 30.3 Å². The van der Waals surface area contributed by atoms with Crippen molar-refractivity contribution in [3.8, 4) is 11.5 Å². The Morgan fingerprint density at radius 3 is 2.71 bits per heavy atom. The zero-order valence-electron chi connectivity index (χ0n) is 13.1. The van der Waals surface area contributed by atoms with Crippen molar-refractivity contribution >= 4 is 17.8 Å². The monoisotopic (exact) mass is 324 g/mol. The maximum atomic E-state index is 12.4. The fourth-order valence-electron chi connectivity index (χ4n) is 2.70. The van der Waals surface area contributed by atoms with Gasteiger partial charge in [0.2, 0.25) is 0 Å². The summed E-state index contributed by atoms with van der Waals surface area (Å²) in [7, 11) is 1.48. The van der Waals surface area contributed by atoms with Crippen molar-refractivity contribution < 1.29 is 24.2 Å². The van der Waals surface area contributed by atoms with Crippen molar-refractivity contribution in [3.05, 3.63) is 64.7 Å². The molecule has 5 nitrogen and oxygen atoms in total. The van der Waals surface area contributed by atoms with Crippen LogP contribution in [0.3, 0.4) is 0 Å². The first-order chi connectivity index (χ1) is 11.6. The summed E-state index contributed by atoms with van der Waals surface area (Å²) in [5.74, 6) is -0.245. The van der Waals surface area contributed by atoms with Crippen molar-refractivity contribution in [2.75, 3.05) is 13.7 Å². The number of Topliss-reactive ketones (excluding diaryl/α,β-unsaturated/α-hetero) is 1. The van der Waals surface area contributed by atoms with Gasteiger partial charge in [0, 0.05) is 17.6 Å². The Morgan fingerprint density at radius 2 is 2.00 bits per heavy atom. The second-order valence-corrected chi connectivity index (χ2v) is 5.43. The minimum atomic E-state index is -1.06. The van der Waals surface area contributed by atoms with Gasteiger partial charge in [0.15, 0.2) is 23.9 Å². The molecule has 0 saturated heterocycles. The quantitative estimate of drug-likeness (QED) is 0.856. The molecule has 0 atom stereocenters. The highest BCUT2D eigenvalue weighted by atomic mass is 16.5. The maximum absolute atomic E-state index is 12.4. The normalized spacial score (nSPS) is 14.5. The number of carbonyl (C=O) groups excluding carboxylic acids is 1. The number of carboxylic acids is 1. The first-order valence-electron chi connectivity index (χ1n) is 7.44. The zero-order chi connectivity index (χ0) is 17.1. The largest absolute Gasteiger partial charge is 0.493 e. The second kappa shape index (κ2) is 6.58. The lowest BCUT2D eigenvalue weighted by Gasteiger charge is -2.10. The van der Waals surface area contributed by atoms with Gasteiger partial charge in [-0.2, -0.15) is 0 Å². The molecule has 0 unspecified atom stereocenters. The molecule has 0 bridgehead atoms. The van der Waals surface area contributed by atoms with E-state index in [1.807, 2.05) is 30.3 Å². The van der Waals surface area contributed by atoms with Crippen LogP contribution in [-0.2, 0) is 11.2 Å². The smallest absolute Gasteiger partial charge is 0.341 e. The number of aliphatic carboxylic acids is 1. The van der Waals surface area contributed by atoms with Gasteiger partial charge in [0.05, 0.1) is 7.11 Å². The number of allylic oxidation sites excluding steroid dienone is 1. The molecular weight excluding hydrogens is 308 g/mol. The molecule has 0 radical (unpaired) electrons. The van der Waals surface area contributed by atoms with Gasteiger partial charge in [-0.25, -0.2) is 4.79 Å². The molecule has 2 aromatic carbocycles. The van der Waals surface area contributed by atoms with Crippen LogP contribution in [0.15, 0.2) is 48.0 Å². The molecule has 24 heavy (non-hydrogen) atoms. The molecule has 3 rings (SSSR count). The first-order valence-corrected chi connectivity index (χ1v) is 7.44. The fourth-order valence-corrected chi connectivity index (χ4v) is 2.70. The highest BCUT2D eigenvalue weighted by Crippen LogP contribution is 2.31. The van der Waals surface area contributed by atoms with Crippen molar-refractivity contribution in [2.24, 2.45) is 0 Å². The van der Waals surface area contributed by atoms with Gasteiger partial charge >= 0.3 is 5.97 Å². The third-order valence-corrected chi connectivity index (χ3v) is 3.81. The molecule has 5 heteroatoms. The van der Waals surface area contributed by atoms with E-state index in [2.05, 4.69) is 0 Å². The Hall–Kier alpha value is -3.08. The number of hydrogen-bond donors (Lipinski definition) is 1. The Bertz CT molecular complexity index is 835. The predicted molar refractivity (Wildman–Crippen MR) is 88.6 cm³/mol. The number of carbonyl (C=O) groups is 2. The zero-order valence-corrected chi connectivity index (χ0v) is 13.1. The van der Waals surface area contributed by atoms with Crippen LogP contribution in [0, 0.1) is 0 Å². The van der Waals surface area contributed by atoms with E-state index < -0.39 is 12.6 Å². The average Bonchev–Trinajstić information content (AvgIpc) is 2.89. The van der Waals surface area contributed by atoms with E-state index in [-0.39, 0.29) is 5.78 Å². The third kappa shape index (κ3) is 3.15. The molecule has 1 N–H and O–H groups in total. The van der Waals surface area contributed by atoms with E-state index >= 15 is 0 Å². The average molecular weight is 324 g/mol. The number of benzene rings is 2. The summed E-state index contributed by atoms with van der Waals surface area (Å²) in [6, 6.07) is 12.7. The molecule has 0 aromatic heterocycles. The number of fused-ring (bicyclic) bond motifs is 1. The number of ketones is 1. The van der Waals surface area contributed by atoms with Crippen LogP contribution >= 0.6 is 0 Å². The fraction of sp³-hybridized carbons (Fsp3) is 0.158. The van der Waals surface area contributed by atoms with Crippen LogP contribution in [0.4, 0.5) is 0 Å². The van der Waals surface area contributed by atoms with Crippen LogP contribution in [0.1, 0.15) is 21.5 Å². The topological polar surface area (TPSA) is 72.8 Å². The molecule has 2 aromatic rings. The summed E-state index contributed by atoms with van der Waals surface area (Å²) >= 11 is 0. The maximum Gasteiger partial charge on any atom is 0.341 e. The second-order valence-electron chi connectivity index (χ2n) is 5.43. The summed E-state index contributed by atoms with van der Waals surface area (Å²) < 4.78 is 10.4. The highest BCUT2D eigenvalue weighted by molar-refractivity contribution is 6.15. The van der Waals surface area contributed by atoms with Gasteiger partial charge < -0.3 is 14.6 Å². The molecule has 122 valence electrons. The summed E-state index contributed by atoms with van der Waals surface area (Å²) in [6.07, 6.45) is 2.43.